The predicted octanol–water partition coefficient (Wildman–Crippen LogP) is 5.57. The van der Waals surface area contributed by atoms with E-state index in [4.69, 9.17) is 14.7 Å². The summed E-state index contributed by atoms with van der Waals surface area (Å²) in [4.78, 5) is 17.6. The first-order valence-corrected chi connectivity index (χ1v) is 18.1. The number of hydrogen-bond donors (Lipinski definition) is 2. The topological polar surface area (TPSA) is 77.0 Å². The van der Waals surface area contributed by atoms with Crippen LogP contribution in [0.4, 0.5) is 15.9 Å². The Bertz CT molecular complexity index is 1630. The highest BCUT2D eigenvalue weighted by molar-refractivity contribution is 14.1. The molecule has 2 aromatic carbocycles. The minimum absolute atomic E-state index is 0.254. The Morgan fingerprint density at radius 2 is 1.87 bits per heavy atom. The maximum absolute atomic E-state index is 15.0. The number of aromatic nitrogens is 2. The first-order valence-electron chi connectivity index (χ1n) is 17.0. The molecule has 0 spiro atoms. The summed E-state index contributed by atoms with van der Waals surface area (Å²) < 4.78 is 22.8. The minimum atomic E-state index is -0.790. The lowest BCUT2D eigenvalue weighted by Gasteiger charge is -2.38. The van der Waals surface area contributed by atoms with Crippen molar-refractivity contribution in [2.45, 2.75) is 94.2 Å². The third kappa shape index (κ3) is 4.96. The second-order valence-electron chi connectivity index (χ2n) is 14.6. The second kappa shape index (κ2) is 11.1. The Labute approximate surface area is 277 Å². The number of piperazine rings is 1. The molecular weight excluding hydrogens is 682 g/mol. The number of ether oxygens (including phenoxy) is 1. The van der Waals surface area contributed by atoms with Crippen LogP contribution in [0.15, 0.2) is 30.3 Å². The molecule has 2 bridgehead atoms. The first-order chi connectivity index (χ1) is 21.9. The lowest BCUT2D eigenvalue weighted by Crippen LogP contribution is -2.52. The molecule has 238 valence electrons. The number of benzene rings is 2. The van der Waals surface area contributed by atoms with Crippen molar-refractivity contribution in [2.24, 2.45) is 5.92 Å². The van der Waals surface area contributed by atoms with Gasteiger partial charge in [0.05, 0.1) is 17.8 Å². The molecule has 1 saturated carbocycles. The van der Waals surface area contributed by atoms with Crippen LogP contribution >= 0.6 is 22.6 Å². The maximum Gasteiger partial charge on any atom is 0.318 e. The monoisotopic (exact) mass is 724 g/mol. The summed E-state index contributed by atoms with van der Waals surface area (Å²) >= 11 is 2.40. The molecule has 5 aliphatic heterocycles. The zero-order valence-electron chi connectivity index (χ0n) is 25.7. The molecule has 1 aromatic heterocycles. The van der Waals surface area contributed by atoms with Gasteiger partial charge in [0.25, 0.3) is 0 Å². The van der Waals surface area contributed by atoms with Gasteiger partial charge in [0.1, 0.15) is 24.3 Å². The zero-order valence-corrected chi connectivity index (χ0v) is 27.9. The van der Waals surface area contributed by atoms with E-state index in [-0.39, 0.29) is 11.3 Å². The second-order valence-corrected chi connectivity index (χ2v) is 15.7. The highest BCUT2D eigenvalue weighted by Gasteiger charge is 2.57. The highest BCUT2D eigenvalue weighted by atomic mass is 127. The summed E-state index contributed by atoms with van der Waals surface area (Å²) in [7, 11) is 0. The van der Waals surface area contributed by atoms with Crippen molar-refractivity contribution in [3.05, 3.63) is 45.2 Å². The number of halogens is 2. The molecule has 2 unspecified atom stereocenters. The molecule has 5 fully saturated rings. The molecule has 2 N–H and O–H groups in total. The minimum Gasteiger partial charge on any atom is -0.508 e. The molecule has 45 heavy (non-hydrogen) atoms. The fourth-order valence-corrected chi connectivity index (χ4v) is 10.7. The van der Waals surface area contributed by atoms with Crippen LogP contribution in [0.25, 0.3) is 10.8 Å². The van der Waals surface area contributed by atoms with Crippen LogP contribution < -0.4 is 19.9 Å². The summed E-state index contributed by atoms with van der Waals surface area (Å²) in [5.74, 6) is 1.95. The fraction of sp³-hybridized carbons (Fsp3) is 0.600. The van der Waals surface area contributed by atoms with Crippen molar-refractivity contribution in [3.8, 4) is 11.8 Å². The van der Waals surface area contributed by atoms with Crippen LogP contribution in [-0.2, 0) is 13.0 Å². The van der Waals surface area contributed by atoms with Gasteiger partial charge in [-0.25, -0.2) is 4.39 Å². The van der Waals surface area contributed by atoms with Crippen molar-refractivity contribution in [2.75, 3.05) is 42.6 Å². The van der Waals surface area contributed by atoms with E-state index in [0.717, 1.165) is 60.4 Å². The van der Waals surface area contributed by atoms with Crippen LogP contribution in [-0.4, -0.2) is 82.6 Å². The third-order valence-electron chi connectivity index (χ3n) is 11.8. The van der Waals surface area contributed by atoms with Gasteiger partial charge in [-0.15, -0.1) is 0 Å². The number of anilines is 2. The summed E-state index contributed by atoms with van der Waals surface area (Å²) in [5.41, 5.74) is 3.00. The van der Waals surface area contributed by atoms with Gasteiger partial charge in [-0.3, -0.25) is 4.90 Å². The van der Waals surface area contributed by atoms with Gasteiger partial charge in [0.2, 0.25) is 0 Å². The van der Waals surface area contributed by atoms with E-state index < -0.39 is 6.17 Å². The van der Waals surface area contributed by atoms with E-state index in [1.54, 1.807) is 0 Å². The molecule has 3 aromatic rings. The summed E-state index contributed by atoms with van der Waals surface area (Å²) in [6.45, 7) is 4.33. The lowest BCUT2D eigenvalue weighted by atomic mass is 9.81. The van der Waals surface area contributed by atoms with Crippen LogP contribution in [0.3, 0.4) is 0 Å². The summed E-state index contributed by atoms with van der Waals surface area (Å²) in [6, 6.07) is 11.9. The molecule has 0 amide bonds. The molecule has 6 heterocycles. The van der Waals surface area contributed by atoms with Crippen LogP contribution in [0.1, 0.15) is 62.6 Å². The molecule has 6 aliphatic rings. The summed E-state index contributed by atoms with van der Waals surface area (Å²) in [5, 5.41) is 16.6. The lowest BCUT2D eigenvalue weighted by molar-refractivity contribution is 0.0772. The summed E-state index contributed by atoms with van der Waals surface area (Å²) in [6.07, 6.45) is 9.00. The van der Waals surface area contributed by atoms with Crippen molar-refractivity contribution in [1.29, 1.82) is 0 Å². The zero-order chi connectivity index (χ0) is 30.3. The Kier molecular flexibility index (Phi) is 7.08. The van der Waals surface area contributed by atoms with Gasteiger partial charge < -0.3 is 25.0 Å². The number of phenols is 1. The number of phenolic OH excluding ortho intramolecular Hbond substituents is 1. The number of nitrogens with zero attached hydrogens (tertiary/aromatic N) is 5. The predicted molar refractivity (Wildman–Crippen MR) is 182 cm³/mol. The molecule has 4 saturated heterocycles. The van der Waals surface area contributed by atoms with Crippen LogP contribution in [0.5, 0.6) is 11.8 Å². The molecule has 10 heteroatoms. The Hall–Kier alpha value is -2.44. The van der Waals surface area contributed by atoms with Crippen molar-refractivity contribution in [3.63, 3.8) is 0 Å². The number of aromatic hydroxyl groups is 1. The quantitative estimate of drug-likeness (QED) is 0.332. The van der Waals surface area contributed by atoms with Gasteiger partial charge in [-0.05, 0) is 84.6 Å². The number of rotatable bonds is 5. The van der Waals surface area contributed by atoms with E-state index in [1.165, 1.54) is 47.7 Å². The number of alkyl halides is 1. The van der Waals surface area contributed by atoms with E-state index in [9.17, 15) is 9.50 Å². The Balaban J connectivity index is 1.06. The number of nitrogens with one attached hydrogen (secondary N) is 1. The SMILES string of the molecule is Oc1cc(N2CCc3c(nc(OC[C@]45C[C@@H](F)CN4[C@H]4CCCC[C@H]4C5)nc3N3CC4CCC(C3)N4)C2)c2c(I)cccc2c1. The molecule has 9 rings (SSSR count). The molecule has 0 radical (unpaired) electrons. The number of fused-ring (bicyclic) bond motifs is 7. The smallest absolute Gasteiger partial charge is 0.318 e. The third-order valence-corrected chi connectivity index (χ3v) is 12.7. The van der Waals surface area contributed by atoms with Gasteiger partial charge in [-0.1, -0.05) is 25.0 Å². The van der Waals surface area contributed by atoms with Gasteiger partial charge in [0.15, 0.2) is 0 Å². The normalized spacial score (nSPS) is 32.5. The first kappa shape index (κ1) is 28.8. The molecular formula is C35H42FIN6O2. The van der Waals surface area contributed by atoms with Crippen LogP contribution in [0, 0.1) is 9.49 Å². The van der Waals surface area contributed by atoms with E-state index in [0.29, 0.717) is 56.2 Å². The van der Waals surface area contributed by atoms with Crippen molar-refractivity contribution in [1.82, 2.24) is 20.2 Å². The number of hydrogen-bond acceptors (Lipinski definition) is 8. The van der Waals surface area contributed by atoms with E-state index in [1.807, 2.05) is 18.2 Å². The van der Waals surface area contributed by atoms with Gasteiger partial charge in [-0.2, -0.15) is 9.97 Å². The van der Waals surface area contributed by atoms with E-state index >= 15 is 0 Å². The largest absolute Gasteiger partial charge is 0.508 e. The standard InChI is InChI=1S/C35H42FIN6O2/c36-23-15-35(14-22-4-1-2-7-30(22)43(35)16-23)20-45-34-39-29-19-41(31-13-26(44)12-21-5-3-6-28(37)32(21)31)11-10-27(29)33(40-34)42-17-24-8-9-25(18-42)38-24/h3,5-6,12-13,22-25,30,38,44H,1-2,4,7-11,14-20H2/t22-,23+,24?,25?,30-,35-/m0/s1. The van der Waals surface area contributed by atoms with Crippen molar-refractivity contribution < 1.29 is 14.2 Å². The van der Waals surface area contributed by atoms with Crippen molar-refractivity contribution >= 4 is 44.9 Å². The van der Waals surface area contributed by atoms with Gasteiger partial charge >= 0.3 is 6.01 Å². The highest BCUT2D eigenvalue weighted by Crippen LogP contribution is 2.51. The maximum atomic E-state index is 15.0. The van der Waals surface area contributed by atoms with E-state index in [2.05, 4.69) is 54.7 Å². The molecule has 6 atom stereocenters. The average molecular weight is 725 g/mol. The Morgan fingerprint density at radius 1 is 1.02 bits per heavy atom. The van der Waals surface area contributed by atoms with Crippen LogP contribution in [0.2, 0.25) is 0 Å². The molecule has 1 aliphatic carbocycles. The van der Waals surface area contributed by atoms with Gasteiger partial charge in [0, 0.05) is 77.0 Å². The average Bonchev–Trinajstić information content (AvgIpc) is 3.65. The fourth-order valence-electron chi connectivity index (χ4n) is 9.90. The molecule has 8 nitrogen and oxygen atoms in total. The Morgan fingerprint density at radius 3 is 2.73 bits per heavy atom.